The standard InChI is InChI=1S/C17H31N3O3/c1-4-20(11-16(21)22)15-9-13(10-15)18-17(23)19(3)14-7-5-12(2)6-8-14/h12-15H,4-11H2,1-3H3,(H,18,23)(H,21,22). The van der Waals surface area contributed by atoms with E-state index in [1.54, 1.807) is 0 Å². The Morgan fingerprint density at radius 2 is 1.74 bits per heavy atom. The van der Waals surface area contributed by atoms with Gasteiger partial charge in [-0.25, -0.2) is 4.79 Å². The van der Waals surface area contributed by atoms with Gasteiger partial charge in [-0.2, -0.15) is 0 Å². The zero-order valence-electron chi connectivity index (χ0n) is 14.6. The fourth-order valence-corrected chi connectivity index (χ4v) is 3.75. The van der Waals surface area contributed by atoms with Gasteiger partial charge in [-0.3, -0.25) is 9.69 Å². The molecule has 2 fully saturated rings. The molecule has 6 nitrogen and oxygen atoms in total. The van der Waals surface area contributed by atoms with Crippen molar-refractivity contribution in [1.82, 2.24) is 15.1 Å². The first-order valence-electron chi connectivity index (χ1n) is 8.89. The second-order valence-corrected chi connectivity index (χ2v) is 7.25. The molecule has 23 heavy (non-hydrogen) atoms. The Bertz CT molecular complexity index is 415. The van der Waals surface area contributed by atoms with Crippen molar-refractivity contribution < 1.29 is 14.7 Å². The number of urea groups is 1. The quantitative estimate of drug-likeness (QED) is 0.785. The summed E-state index contributed by atoms with van der Waals surface area (Å²) in [4.78, 5) is 27.0. The van der Waals surface area contributed by atoms with Gasteiger partial charge in [0.05, 0.1) is 6.54 Å². The van der Waals surface area contributed by atoms with Crippen molar-refractivity contribution in [2.75, 3.05) is 20.1 Å². The number of carbonyl (C=O) groups excluding carboxylic acids is 1. The highest BCUT2D eigenvalue weighted by atomic mass is 16.4. The van der Waals surface area contributed by atoms with Gasteiger partial charge in [0.15, 0.2) is 0 Å². The maximum atomic E-state index is 12.4. The lowest BCUT2D eigenvalue weighted by Gasteiger charge is -2.43. The van der Waals surface area contributed by atoms with Crippen molar-refractivity contribution in [3.05, 3.63) is 0 Å². The number of amides is 2. The normalized spacial score (nSPS) is 30.6. The molecule has 0 aromatic heterocycles. The van der Waals surface area contributed by atoms with E-state index in [1.807, 2.05) is 23.8 Å². The maximum absolute atomic E-state index is 12.4. The van der Waals surface area contributed by atoms with Crippen LogP contribution in [0.15, 0.2) is 0 Å². The molecular formula is C17H31N3O3. The second kappa shape index (κ2) is 7.99. The molecule has 0 radical (unpaired) electrons. The van der Waals surface area contributed by atoms with Crippen LogP contribution in [0.5, 0.6) is 0 Å². The first kappa shape index (κ1) is 18.0. The minimum absolute atomic E-state index is 0.0225. The Morgan fingerprint density at radius 1 is 1.13 bits per heavy atom. The first-order chi connectivity index (χ1) is 10.9. The molecule has 0 heterocycles. The van der Waals surface area contributed by atoms with Crippen LogP contribution in [0.2, 0.25) is 0 Å². The summed E-state index contributed by atoms with van der Waals surface area (Å²) in [5.41, 5.74) is 0. The van der Waals surface area contributed by atoms with Gasteiger partial charge in [0, 0.05) is 25.2 Å². The number of aliphatic carboxylic acids is 1. The van der Waals surface area contributed by atoms with E-state index < -0.39 is 5.97 Å². The fraction of sp³-hybridized carbons (Fsp3) is 0.882. The number of carboxylic acids is 1. The van der Waals surface area contributed by atoms with Crippen LogP contribution in [0.1, 0.15) is 52.4 Å². The molecule has 132 valence electrons. The largest absolute Gasteiger partial charge is 0.480 e. The minimum Gasteiger partial charge on any atom is -0.480 e. The van der Waals surface area contributed by atoms with Gasteiger partial charge in [-0.15, -0.1) is 0 Å². The molecule has 2 rings (SSSR count). The van der Waals surface area contributed by atoms with Gasteiger partial charge in [0.1, 0.15) is 0 Å². The summed E-state index contributed by atoms with van der Waals surface area (Å²) in [5, 5.41) is 12.0. The highest BCUT2D eigenvalue weighted by Gasteiger charge is 2.35. The Morgan fingerprint density at radius 3 is 2.26 bits per heavy atom. The van der Waals surface area contributed by atoms with Gasteiger partial charge < -0.3 is 15.3 Å². The van der Waals surface area contributed by atoms with Crippen LogP contribution < -0.4 is 5.32 Å². The van der Waals surface area contributed by atoms with Crippen molar-refractivity contribution in [1.29, 1.82) is 0 Å². The molecule has 0 aliphatic heterocycles. The van der Waals surface area contributed by atoms with Gasteiger partial charge in [0.2, 0.25) is 0 Å². The molecular weight excluding hydrogens is 294 g/mol. The third kappa shape index (κ3) is 4.83. The lowest BCUT2D eigenvalue weighted by molar-refractivity contribution is -0.139. The molecule has 2 aliphatic carbocycles. The number of likely N-dealkylation sites (N-methyl/N-ethyl adjacent to an activating group) is 1. The van der Waals surface area contributed by atoms with Crippen LogP contribution >= 0.6 is 0 Å². The predicted octanol–water partition coefficient (Wildman–Crippen LogP) is 2.14. The van der Waals surface area contributed by atoms with E-state index in [4.69, 9.17) is 5.11 Å². The fourth-order valence-electron chi connectivity index (χ4n) is 3.75. The monoisotopic (exact) mass is 325 g/mol. The predicted molar refractivity (Wildman–Crippen MR) is 89.4 cm³/mol. The van der Waals surface area contributed by atoms with E-state index in [-0.39, 0.29) is 24.7 Å². The van der Waals surface area contributed by atoms with Gasteiger partial charge in [-0.05, 0) is 51.0 Å². The Hall–Kier alpha value is -1.30. The minimum atomic E-state index is -0.786. The van der Waals surface area contributed by atoms with E-state index in [9.17, 15) is 9.59 Å². The molecule has 0 spiro atoms. The molecule has 0 aromatic carbocycles. The van der Waals surface area contributed by atoms with E-state index >= 15 is 0 Å². The molecule has 0 unspecified atom stereocenters. The molecule has 0 bridgehead atoms. The third-order valence-corrected chi connectivity index (χ3v) is 5.56. The molecule has 2 N–H and O–H groups in total. The van der Waals surface area contributed by atoms with Crippen LogP contribution in [-0.4, -0.2) is 65.2 Å². The smallest absolute Gasteiger partial charge is 0.317 e. The summed E-state index contributed by atoms with van der Waals surface area (Å²) in [6, 6.07) is 0.845. The van der Waals surface area contributed by atoms with Crippen LogP contribution in [0.25, 0.3) is 0 Å². The van der Waals surface area contributed by atoms with Crippen molar-refractivity contribution in [2.24, 2.45) is 5.92 Å². The number of rotatable bonds is 6. The number of hydrogen-bond donors (Lipinski definition) is 2. The molecule has 0 atom stereocenters. The maximum Gasteiger partial charge on any atom is 0.317 e. The SMILES string of the molecule is CCN(CC(=O)O)C1CC(NC(=O)N(C)C2CCC(C)CC2)C1. The zero-order chi connectivity index (χ0) is 17.0. The van der Waals surface area contributed by atoms with Gasteiger partial charge >= 0.3 is 12.0 Å². The Kier molecular flexibility index (Phi) is 6.27. The molecule has 0 aromatic rings. The van der Waals surface area contributed by atoms with Gasteiger partial charge in [-0.1, -0.05) is 13.8 Å². The first-order valence-corrected chi connectivity index (χ1v) is 8.89. The van der Waals surface area contributed by atoms with Crippen molar-refractivity contribution >= 4 is 12.0 Å². The number of hydrogen-bond acceptors (Lipinski definition) is 3. The number of carboxylic acid groups (broad SMARTS) is 1. The summed E-state index contributed by atoms with van der Waals surface area (Å²) in [6.07, 6.45) is 6.30. The third-order valence-electron chi connectivity index (χ3n) is 5.56. The number of nitrogens with zero attached hydrogens (tertiary/aromatic N) is 2. The van der Waals surface area contributed by atoms with Crippen molar-refractivity contribution in [2.45, 2.75) is 70.5 Å². The van der Waals surface area contributed by atoms with Gasteiger partial charge in [0.25, 0.3) is 0 Å². The Labute approximate surface area is 139 Å². The van der Waals surface area contributed by atoms with E-state index in [0.29, 0.717) is 6.04 Å². The van der Waals surface area contributed by atoms with E-state index in [2.05, 4.69) is 12.2 Å². The summed E-state index contributed by atoms with van der Waals surface area (Å²) in [7, 11) is 1.90. The molecule has 6 heteroatoms. The average Bonchev–Trinajstić information content (AvgIpc) is 2.48. The van der Waals surface area contributed by atoms with E-state index in [0.717, 1.165) is 38.1 Å². The lowest BCUT2D eigenvalue weighted by Crippen LogP contribution is -2.57. The average molecular weight is 325 g/mol. The molecule has 2 aliphatic rings. The molecule has 2 saturated carbocycles. The summed E-state index contributed by atoms with van der Waals surface area (Å²) in [6.45, 7) is 5.08. The summed E-state index contributed by atoms with van der Waals surface area (Å²) >= 11 is 0. The summed E-state index contributed by atoms with van der Waals surface area (Å²) in [5.74, 6) is -0.00467. The van der Waals surface area contributed by atoms with Crippen LogP contribution in [0.4, 0.5) is 4.79 Å². The van der Waals surface area contributed by atoms with Crippen molar-refractivity contribution in [3.63, 3.8) is 0 Å². The topological polar surface area (TPSA) is 72.9 Å². The van der Waals surface area contributed by atoms with Crippen molar-refractivity contribution in [3.8, 4) is 0 Å². The summed E-state index contributed by atoms with van der Waals surface area (Å²) < 4.78 is 0. The number of carbonyl (C=O) groups is 2. The van der Waals surface area contributed by atoms with Crippen LogP contribution in [0, 0.1) is 5.92 Å². The Balaban J connectivity index is 1.72. The number of nitrogens with one attached hydrogen (secondary N) is 1. The molecule has 0 saturated heterocycles. The highest BCUT2D eigenvalue weighted by Crippen LogP contribution is 2.28. The molecule has 2 amide bonds. The highest BCUT2D eigenvalue weighted by molar-refractivity contribution is 5.74. The zero-order valence-corrected chi connectivity index (χ0v) is 14.6. The van der Waals surface area contributed by atoms with Crippen LogP contribution in [0.3, 0.4) is 0 Å². The van der Waals surface area contributed by atoms with Crippen LogP contribution in [-0.2, 0) is 4.79 Å². The lowest BCUT2D eigenvalue weighted by atomic mass is 9.85. The second-order valence-electron chi connectivity index (χ2n) is 7.25. The van der Waals surface area contributed by atoms with E-state index in [1.165, 1.54) is 12.8 Å².